The maximum atomic E-state index is 13.2. The first-order chi connectivity index (χ1) is 12.4. The van der Waals surface area contributed by atoms with Gasteiger partial charge in [-0.1, -0.05) is 29.8 Å². The standard InChI is InChI=1S/C21H29N3O2/c1-5-24-16(3)14-18(25)19(21(24)26)20(17-8-6-15(2)7-9-17)23-12-10-22(4)11-13-23/h6-9,14,20,25H,5,10-13H2,1-4H3/t20-/m1/s1. The van der Waals surface area contributed by atoms with Gasteiger partial charge in [0.2, 0.25) is 0 Å². The van der Waals surface area contributed by atoms with Crippen molar-refractivity contribution in [2.45, 2.75) is 33.4 Å². The summed E-state index contributed by atoms with van der Waals surface area (Å²) >= 11 is 0. The Morgan fingerprint density at radius 1 is 1.08 bits per heavy atom. The summed E-state index contributed by atoms with van der Waals surface area (Å²) in [5.74, 6) is 0.0988. The van der Waals surface area contributed by atoms with E-state index >= 15 is 0 Å². The molecule has 140 valence electrons. The van der Waals surface area contributed by atoms with E-state index < -0.39 is 0 Å². The van der Waals surface area contributed by atoms with Gasteiger partial charge in [0.15, 0.2) is 0 Å². The van der Waals surface area contributed by atoms with E-state index in [9.17, 15) is 9.90 Å². The van der Waals surface area contributed by atoms with Gasteiger partial charge in [-0.25, -0.2) is 0 Å². The van der Waals surface area contributed by atoms with E-state index in [0.717, 1.165) is 37.4 Å². The van der Waals surface area contributed by atoms with Crippen LogP contribution in [0.5, 0.6) is 5.75 Å². The molecule has 2 heterocycles. The van der Waals surface area contributed by atoms with Gasteiger partial charge in [-0.2, -0.15) is 0 Å². The molecule has 1 aromatic carbocycles. The van der Waals surface area contributed by atoms with Gasteiger partial charge in [-0.05, 0) is 39.4 Å². The number of pyridine rings is 1. The highest BCUT2D eigenvalue weighted by Crippen LogP contribution is 2.33. The summed E-state index contributed by atoms with van der Waals surface area (Å²) in [5, 5.41) is 10.7. The van der Waals surface area contributed by atoms with Gasteiger partial charge in [0.25, 0.3) is 5.56 Å². The Balaban J connectivity index is 2.15. The van der Waals surface area contributed by atoms with E-state index in [1.807, 2.05) is 13.8 Å². The summed E-state index contributed by atoms with van der Waals surface area (Å²) < 4.78 is 1.74. The van der Waals surface area contributed by atoms with Crippen LogP contribution in [-0.2, 0) is 6.54 Å². The summed E-state index contributed by atoms with van der Waals surface area (Å²) in [7, 11) is 2.12. The number of hydrogen-bond acceptors (Lipinski definition) is 4. The van der Waals surface area contributed by atoms with Gasteiger partial charge in [0.1, 0.15) is 5.75 Å². The van der Waals surface area contributed by atoms with E-state index in [0.29, 0.717) is 12.1 Å². The first-order valence-corrected chi connectivity index (χ1v) is 9.34. The van der Waals surface area contributed by atoms with Gasteiger partial charge >= 0.3 is 0 Å². The molecule has 1 N–H and O–H groups in total. The number of piperazine rings is 1. The van der Waals surface area contributed by atoms with Crippen molar-refractivity contribution >= 4 is 0 Å². The third kappa shape index (κ3) is 3.55. The van der Waals surface area contributed by atoms with E-state index in [1.54, 1.807) is 10.6 Å². The average Bonchev–Trinajstić information content (AvgIpc) is 2.61. The van der Waals surface area contributed by atoms with Crippen molar-refractivity contribution < 1.29 is 5.11 Å². The fourth-order valence-corrected chi connectivity index (χ4v) is 3.81. The van der Waals surface area contributed by atoms with Gasteiger partial charge in [0, 0.05) is 38.4 Å². The molecule has 0 amide bonds. The molecule has 0 saturated carbocycles. The Hall–Kier alpha value is -2.11. The largest absolute Gasteiger partial charge is 0.507 e. The van der Waals surface area contributed by atoms with Crippen molar-refractivity contribution in [2.75, 3.05) is 33.2 Å². The minimum absolute atomic E-state index is 0.0884. The van der Waals surface area contributed by atoms with Crippen LogP contribution in [0.25, 0.3) is 0 Å². The molecule has 26 heavy (non-hydrogen) atoms. The van der Waals surface area contributed by atoms with Crippen molar-refractivity contribution in [1.82, 2.24) is 14.4 Å². The lowest BCUT2D eigenvalue weighted by Gasteiger charge is -2.38. The fourth-order valence-electron chi connectivity index (χ4n) is 3.81. The molecule has 0 aliphatic carbocycles. The SMILES string of the molecule is CCn1c(C)cc(O)c([C@@H](c2ccc(C)cc2)N2CCN(C)CC2)c1=O. The van der Waals surface area contributed by atoms with E-state index in [2.05, 4.69) is 48.0 Å². The Morgan fingerprint density at radius 2 is 1.69 bits per heavy atom. The third-order valence-corrected chi connectivity index (χ3v) is 5.41. The van der Waals surface area contributed by atoms with E-state index in [-0.39, 0.29) is 17.4 Å². The Bertz CT molecular complexity index is 818. The normalized spacial score (nSPS) is 17.4. The summed E-state index contributed by atoms with van der Waals surface area (Å²) in [6.07, 6.45) is 0. The lowest BCUT2D eigenvalue weighted by molar-refractivity contribution is 0.125. The maximum Gasteiger partial charge on any atom is 0.259 e. The van der Waals surface area contributed by atoms with Crippen molar-refractivity contribution in [3.63, 3.8) is 0 Å². The van der Waals surface area contributed by atoms with E-state index in [4.69, 9.17) is 0 Å². The number of benzene rings is 1. The Morgan fingerprint density at radius 3 is 2.27 bits per heavy atom. The molecule has 0 spiro atoms. The quantitative estimate of drug-likeness (QED) is 0.916. The summed E-state index contributed by atoms with van der Waals surface area (Å²) in [5.41, 5.74) is 3.43. The second-order valence-electron chi connectivity index (χ2n) is 7.29. The molecule has 0 bridgehead atoms. The lowest BCUT2D eigenvalue weighted by Crippen LogP contribution is -2.47. The first kappa shape index (κ1) is 18.7. The smallest absolute Gasteiger partial charge is 0.259 e. The van der Waals surface area contributed by atoms with Gasteiger partial charge in [-0.15, -0.1) is 0 Å². The maximum absolute atomic E-state index is 13.2. The minimum Gasteiger partial charge on any atom is -0.507 e. The average molecular weight is 355 g/mol. The number of hydrogen-bond donors (Lipinski definition) is 1. The molecule has 2 aromatic rings. The van der Waals surface area contributed by atoms with Crippen LogP contribution >= 0.6 is 0 Å². The molecular weight excluding hydrogens is 326 g/mol. The summed E-state index contributed by atoms with van der Waals surface area (Å²) in [6.45, 7) is 10.1. The van der Waals surface area contributed by atoms with Crippen LogP contribution in [0.2, 0.25) is 0 Å². The van der Waals surface area contributed by atoms with Crippen LogP contribution in [0.4, 0.5) is 0 Å². The van der Waals surface area contributed by atoms with Crippen molar-refractivity contribution in [3.8, 4) is 5.75 Å². The Labute approximate surface area is 155 Å². The van der Waals surface area contributed by atoms with Crippen LogP contribution < -0.4 is 5.56 Å². The molecule has 1 aliphatic rings. The molecule has 1 aliphatic heterocycles. The topological polar surface area (TPSA) is 48.7 Å². The molecule has 1 fully saturated rings. The monoisotopic (exact) mass is 355 g/mol. The zero-order chi connectivity index (χ0) is 18.8. The molecule has 0 unspecified atom stereocenters. The predicted octanol–water partition coefficient (Wildman–Crippen LogP) is 2.53. The molecule has 1 saturated heterocycles. The summed E-state index contributed by atoms with van der Waals surface area (Å²) in [4.78, 5) is 17.8. The van der Waals surface area contributed by atoms with Crippen molar-refractivity contribution in [3.05, 3.63) is 63.1 Å². The van der Waals surface area contributed by atoms with Crippen molar-refractivity contribution in [2.24, 2.45) is 0 Å². The molecule has 1 aromatic heterocycles. The van der Waals surface area contributed by atoms with Gasteiger partial charge in [0.05, 0.1) is 11.6 Å². The number of aromatic nitrogens is 1. The Kier molecular flexibility index (Phi) is 5.49. The summed E-state index contributed by atoms with van der Waals surface area (Å²) in [6, 6.07) is 9.79. The second-order valence-corrected chi connectivity index (χ2v) is 7.29. The molecule has 5 heteroatoms. The predicted molar refractivity (Wildman–Crippen MR) is 105 cm³/mol. The highest BCUT2D eigenvalue weighted by Gasteiger charge is 2.30. The number of rotatable bonds is 4. The highest BCUT2D eigenvalue weighted by molar-refractivity contribution is 5.41. The minimum atomic E-state index is -0.227. The van der Waals surface area contributed by atoms with Crippen LogP contribution in [0.3, 0.4) is 0 Å². The fraction of sp³-hybridized carbons (Fsp3) is 0.476. The van der Waals surface area contributed by atoms with Gasteiger partial charge < -0.3 is 14.6 Å². The first-order valence-electron chi connectivity index (χ1n) is 9.34. The second kappa shape index (κ2) is 7.64. The number of aromatic hydroxyl groups is 1. The number of nitrogens with zero attached hydrogens (tertiary/aromatic N) is 3. The van der Waals surface area contributed by atoms with Crippen LogP contribution in [0, 0.1) is 13.8 Å². The molecular formula is C21H29N3O2. The van der Waals surface area contributed by atoms with Crippen LogP contribution in [0.15, 0.2) is 35.1 Å². The van der Waals surface area contributed by atoms with Crippen LogP contribution in [-0.4, -0.2) is 52.7 Å². The number of aryl methyl sites for hydroxylation is 2. The zero-order valence-electron chi connectivity index (χ0n) is 16.2. The lowest BCUT2D eigenvalue weighted by atomic mass is 9.95. The van der Waals surface area contributed by atoms with Crippen LogP contribution in [0.1, 0.15) is 35.3 Å². The van der Waals surface area contributed by atoms with Crippen molar-refractivity contribution in [1.29, 1.82) is 0 Å². The molecule has 3 rings (SSSR count). The molecule has 5 nitrogen and oxygen atoms in total. The molecule has 1 atom stereocenters. The zero-order valence-corrected chi connectivity index (χ0v) is 16.2. The third-order valence-electron chi connectivity index (χ3n) is 5.41. The molecule has 0 radical (unpaired) electrons. The van der Waals surface area contributed by atoms with E-state index in [1.165, 1.54) is 5.56 Å². The number of likely N-dealkylation sites (N-methyl/N-ethyl adjacent to an activating group) is 1. The van der Waals surface area contributed by atoms with Gasteiger partial charge in [-0.3, -0.25) is 9.69 Å². The highest BCUT2D eigenvalue weighted by atomic mass is 16.3.